The van der Waals surface area contributed by atoms with Gasteiger partial charge in [0.25, 0.3) is 0 Å². The summed E-state index contributed by atoms with van der Waals surface area (Å²) in [4.78, 5) is 2.25. The third kappa shape index (κ3) is 2.71. The molecule has 0 saturated carbocycles. The molecule has 0 amide bonds. The standard InChI is InChI=1S/C14H21FN2S/c1-9-6-10(2)13(11(15)7-9)14(16)12-8-18-5-4-17(12)3/h6-7,12,14H,4-5,8,16H2,1-3H3. The summed E-state index contributed by atoms with van der Waals surface area (Å²) in [6.45, 7) is 4.88. The number of halogens is 1. The molecule has 100 valence electrons. The van der Waals surface area contributed by atoms with Crippen molar-refractivity contribution in [2.75, 3.05) is 25.1 Å². The first-order valence-electron chi connectivity index (χ1n) is 6.31. The Balaban J connectivity index is 2.30. The number of aryl methyl sites for hydroxylation is 2. The number of hydrogen-bond acceptors (Lipinski definition) is 3. The molecule has 1 saturated heterocycles. The van der Waals surface area contributed by atoms with Crippen LogP contribution in [-0.2, 0) is 0 Å². The normalized spacial score (nSPS) is 23.1. The Morgan fingerprint density at radius 2 is 2.17 bits per heavy atom. The number of benzene rings is 1. The van der Waals surface area contributed by atoms with E-state index in [1.54, 1.807) is 6.07 Å². The van der Waals surface area contributed by atoms with Gasteiger partial charge in [0.2, 0.25) is 0 Å². The van der Waals surface area contributed by atoms with Crippen molar-refractivity contribution < 1.29 is 4.39 Å². The van der Waals surface area contributed by atoms with Gasteiger partial charge in [-0.15, -0.1) is 0 Å². The third-order valence-electron chi connectivity index (χ3n) is 3.67. The van der Waals surface area contributed by atoms with Crippen molar-refractivity contribution >= 4 is 11.8 Å². The Morgan fingerprint density at radius 1 is 1.44 bits per heavy atom. The van der Waals surface area contributed by atoms with Crippen LogP contribution in [0.5, 0.6) is 0 Å². The van der Waals surface area contributed by atoms with Crippen LogP contribution in [0.4, 0.5) is 4.39 Å². The quantitative estimate of drug-likeness (QED) is 0.893. The lowest BCUT2D eigenvalue weighted by Gasteiger charge is -2.36. The van der Waals surface area contributed by atoms with Gasteiger partial charge in [-0.3, -0.25) is 4.90 Å². The van der Waals surface area contributed by atoms with Crippen molar-refractivity contribution in [1.29, 1.82) is 0 Å². The van der Waals surface area contributed by atoms with Gasteiger partial charge >= 0.3 is 0 Å². The van der Waals surface area contributed by atoms with Gasteiger partial charge < -0.3 is 5.73 Å². The molecule has 1 aliphatic rings. The van der Waals surface area contributed by atoms with Crippen LogP contribution in [0.15, 0.2) is 12.1 Å². The largest absolute Gasteiger partial charge is 0.323 e. The summed E-state index contributed by atoms with van der Waals surface area (Å²) in [5.41, 5.74) is 8.91. The lowest BCUT2D eigenvalue weighted by Crippen LogP contribution is -2.46. The van der Waals surface area contributed by atoms with E-state index in [0.717, 1.165) is 29.2 Å². The minimum Gasteiger partial charge on any atom is -0.323 e. The molecule has 2 nitrogen and oxygen atoms in total. The van der Waals surface area contributed by atoms with Crippen LogP contribution < -0.4 is 5.73 Å². The predicted octanol–water partition coefficient (Wildman–Crippen LogP) is 2.49. The first-order valence-corrected chi connectivity index (χ1v) is 7.46. The summed E-state index contributed by atoms with van der Waals surface area (Å²) in [6, 6.07) is 3.56. The molecule has 2 unspecified atom stereocenters. The molecular weight excluding hydrogens is 247 g/mol. The lowest BCUT2D eigenvalue weighted by atomic mass is 9.94. The Bertz CT molecular complexity index is 413. The van der Waals surface area contributed by atoms with E-state index >= 15 is 0 Å². The smallest absolute Gasteiger partial charge is 0.128 e. The van der Waals surface area contributed by atoms with Crippen molar-refractivity contribution in [3.63, 3.8) is 0 Å². The molecule has 0 aliphatic carbocycles. The summed E-state index contributed by atoms with van der Waals surface area (Å²) < 4.78 is 14.1. The van der Waals surface area contributed by atoms with E-state index < -0.39 is 0 Å². The molecule has 2 rings (SSSR count). The molecule has 2 N–H and O–H groups in total. The van der Waals surface area contributed by atoms with E-state index in [2.05, 4.69) is 11.9 Å². The highest BCUT2D eigenvalue weighted by Crippen LogP contribution is 2.29. The monoisotopic (exact) mass is 268 g/mol. The SMILES string of the molecule is Cc1cc(C)c(C(N)C2CSCCN2C)c(F)c1. The zero-order chi connectivity index (χ0) is 13.3. The molecule has 0 spiro atoms. The zero-order valence-corrected chi connectivity index (χ0v) is 12.1. The highest BCUT2D eigenvalue weighted by atomic mass is 32.2. The summed E-state index contributed by atoms with van der Waals surface area (Å²) in [7, 11) is 2.08. The minimum atomic E-state index is -0.247. The van der Waals surface area contributed by atoms with E-state index in [1.807, 2.05) is 31.7 Å². The molecule has 0 bridgehead atoms. The molecule has 4 heteroatoms. The Hall–Kier alpha value is -0.580. The van der Waals surface area contributed by atoms with E-state index in [9.17, 15) is 4.39 Å². The van der Waals surface area contributed by atoms with Gasteiger partial charge in [0.15, 0.2) is 0 Å². The van der Waals surface area contributed by atoms with Crippen molar-refractivity contribution in [2.24, 2.45) is 5.73 Å². The maximum Gasteiger partial charge on any atom is 0.128 e. The van der Waals surface area contributed by atoms with E-state index in [0.29, 0.717) is 5.56 Å². The van der Waals surface area contributed by atoms with E-state index in [1.165, 1.54) is 0 Å². The average Bonchev–Trinajstić information content (AvgIpc) is 2.27. The van der Waals surface area contributed by atoms with Crippen molar-refractivity contribution in [3.05, 3.63) is 34.6 Å². The third-order valence-corrected chi connectivity index (χ3v) is 4.72. The first kappa shape index (κ1) is 13.8. The average molecular weight is 268 g/mol. The molecule has 1 aromatic carbocycles. The molecule has 1 aromatic rings. The highest BCUT2D eigenvalue weighted by Gasteiger charge is 2.29. The van der Waals surface area contributed by atoms with Gasteiger partial charge in [-0.1, -0.05) is 6.07 Å². The van der Waals surface area contributed by atoms with Gasteiger partial charge in [0.05, 0.1) is 0 Å². The second-order valence-corrected chi connectivity index (χ2v) is 6.28. The Labute approximate surface area is 113 Å². The molecule has 2 atom stereocenters. The van der Waals surface area contributed by atoms with E-state index in [-0.39, 0.29) is 17.9 Å². The zero-order valence-electron chi connectivity index (χ0n) is 11.2. The first-order chi connectivity index (χ1) is 8.50. The summed E-state index contributed by atoms with van der Waals surface area (Å²) >= 11 is 1.90. The lowest BCUT2D eigenvalue weighted by molar-refractivity contribution is 0.235. The van der Waals surface area contributed by atoms with Crippen molar-refractivity contribution in [3.8, 4) is 0 Å². The number of nitrogens with two attached hydrogens (primary N) is 1. The van der Waals surface area contributed by atoms with Crippen molar-refractivity contribution in [2.45, 2.75) is 25.9 Å². The van der Waals surface area contributed by atoms with Crippen LogP contribution >= 0.6 is 11.8 Å². The highest BCUT2D eigenvalue weighted by molar-refractivity contribution is 7.99. The molecule has 18 heavy (non-hydrogen) atoms. The number of likely N-dealkylation sites (N-methyl/N-ethyl adjacent to an activating group) is 1. The molecule has 0 aromatic heterocycles. The van der Waals surface area contributed by atoms with Gasteiger partial charge in [-0.25, -0.2) is 4.39 Å². The maximum absolute atomic E-state index is 14.1. The van der Waals surface area contributed by atoms with E-state index in [4.69, 9.17) is 5.73 Å². The van der Waals surface area contributed by atoms with Crippen molar-refractivity contribution in [1.82, 2.24) is 4.90 Å². The van der Waals surface area contributed by atoms with Crippen LogP contribution in [0.25, 0.3) is 0 Å². The molecule has 1 fully saturated rings. The number of hydrogen-bond donors (Lipinski definition) is 1. The van der Waals surface area contributed by atoms with Crippen LogP contribution in [0, 0.1) is 19.7 Å². The Kier molecular flexibility index (Phi) is 4.30. The summed E-state index contributed by atoms with van der Waals surface area (Å²) in [5, 5.41) is 0. The van der Waals surface area contributed by atoms with Gasteiger partial charge in [0, 0.05) is 35.7 Å². The van der Waals surface area contributed by atoms with Gasteiger partial charge in [0.1, 0.15) is 5.82 Å². The fraction of sp³-hybridized carbons (Fsp3) is 0.571. The van der Waals surface area contributed by atoms with Gasteiger partial charge in [-0.05, 0) is 38.1 Å². The number of rotatable bonds is 2. The Morgan fingerprint density at radius 3 is 2.78 bits per heavy atom. The molecule has 0 radical (unpaired) electrons. The van der Waals surface area contributed by atoms with Crippen LogP contribution in [0.1, 0.15) is 22.7 Å². The second-order valence-electron chi connectivity index (χ2n) is 5.13. The number of thioether (sulfide) groups is 1. The molecule has 1 heterocycles. The van der Waals surface area contributed by atoms with Crippen LogP contribution in [-0.4, -0.2) is 36.0 Å². The van der Waals surface area contributed by atoms with Crippen LogP contribution in [0.3, 0.4) is 0 Å². The van der Waals surface area contributed by atoms with Gasteiger partial charge in [-0.2, -0.15) is 11.8 Å². The molecular formula is C14H21FN2S. The fourth-order valence-electron chi connectivity index (χ4n) is 2.62. The maximum atomic E-state index is 14.1. The topological polar surface area (TPSA) is 29.3 Å². The fourth-order valence-corrected chi connectivity index (χ4v) is 3.91. The van der Waals surface area contributed by atoms with Crippen LogP contribution in [0.2, 0.25) is 0 Å². The summed E-state index contributed by atoms with van der Waals surface area (Å²) in [5.74, 6) is 1.95. The second kappa shape index (κ2) is 5.59. The number of nitrogens with zero attached hydrogens (tertiary/aromatic N) is 1. The summed E-state index contributed by atoms with van der Waals surface area (Å²) in [6.07, 6.45) is 0. The minimum absolute atomic E-state index is 0.163. The predicted molar refractivity (Wildman–Crippen MR) is 76.5 cm³/mol. The molecule has 1 aliphatic heterocycles.